The number of nitrogens with zero attached hydrogens (tertiary/aromatic N) is 4. The van der Waals surface area contributed by atoms with Crippen molar-refractivity contribution in [1.82, 2.24) is 19.5 Å². The second-order valence-electron chi connectivity index (χ2n) is 3.57. The normalized spacial score (nSPS) is 11.4. The molecule has 0 radical (unpaired) electrons. The van der Waals surface area contributed by atoms with Crippen molar-refractivity contribution in [3.8, 4) is 0 Å². The van der Waals surface area contributed by atoms with Crippen LogP contribution in [0.15, 0.2) is 6.33 Å². The standard InChI is InChI=1S/C9H13N5/c1-5(2)14-8-7(13-9(14)10)6(3)11-4-12-8/h4-5H,1-3H3,(H2,10,13). The van der Waals surface area contributed by atoms with Gasteiger partial charge < -0.3 is 5.73 Å². The van der Waals surface area contributed by atoms with Gasteiger partial charge in [-0.2, -0.15) is 0 Å². The molecule has 0 aliphatic heterocycles. The highest BCUT2D eigenvalue weighted by Gasteiger charge is 2.13. The SMILES string of the molecule is Cc1ncnc2c1nc(N)n2C(C)C. The highest BCUT2D eigenvalue weighted by Crippen LogP contribution is 2.21. The Hall–Kier alpha value is -1.65. The van der Waals surface area contributed by atoms with Crippen LogP contribution >= 0.6 is 0 Å². The number of imidazole rings is 1. The maximum atomic E-state index is 5.81. The van der Waals surface area contributed by atoms with E-state index < -0.39 is 0 Å². The van der Waals surface area contributed by atoms with Gasteiger partial charge in [-0.05, 0) is 20.8 Å². The molecule has 0 saturated heterocycles. The van der Waals surface area contributed by atoms with Crippen molar-refractivity contribution in [3.63, 3.8) is 0 Å². The third-order valence-corrected chi connectivity index (χ3v) is 2.20. The van der Waals surface area contributed by atoms with Gasteiger partial charge in [-0.3, -0.25) is 4.57 Å². The van der Waals surface area contributed by atoms with Crippen LogP contribution in [0.5, 0.6) is 0 Å². The summed E-state index contributed by atoms with van der Waals surface area (Å²) in [4.78, 5) is 12.5. The Morgan fingerprint density at radius 2 is 2.07 bits per heavy atom. The molecular weight excluding hydrogens is 178 g/mol. The Kier molecular flexibility index (Phi) is 1.87. The second-order valence-corrected chi connectivity index (χ2v) is 3.57. The first-order valence-corrected chi connectivity index (χ1v) is 4.56. The number of hydrogen-bond donors (Lipinski definition) is 1. The van der Waals surface area contributed by atoms with E-state index in [2.05, 4.69) is 28.8 Å². The van der Waals surface area contributed by atoms with Crippen LogP contribution in [-0.4, -0.2) is 19.5 Å². The van der Waals surface area contributed by atoms with Gasteiger partial charge in [0.2, 0.25) is 5.95 Å². The Balaban J connectivity index is 2.83. The van der Waals surface area contributed by atoms with E-state index in [1.807, 2.05) is 11.5 Å². The lowest BCUT2D eigenvalue weighted by Gasteiger charge is -2.08. The highest BCUT2D eigenvalue weighted by molar-refractivity contribution is 5.76. The fourth-order valence-electron chi connectivity index (χ4n) is 1.55. The number of hydrogen-bond acceptors (Lipinski definition) is 4. The van der Waals surface area contributed by atoms with Crippen LogP contribution in [0, 0.1) is 6.92 Å². The Bertz CT molecular complexity index is 471. The monoisotopic (exact) mass is 191 g/mol. The first-order valence-electron chi connectivity index (χ1n) is 4.56. The van der Waals surface area contributed by atoms with Crippen LogP contribution in [0.3, 0.4) is 0 Å². The molecule has 0 aliphatic rings. The van der Waals surface area contributed by atoms with Crippen molar-refractivity contribution in [2.75, 3.05) is 5.73 Å². The van der Waals surface area contributed by atoms with E-state index in [0.717, 1.165) is 16.9 Å². The van der Waals surface area contributed by atoms with E-state index in [9.17, 15) is 0 Å². The molecule has 0 amide bonds. The van der Waals surface area contributed by atoms with E-state index in [0.29, 0.717) is 5.95 Å². The molecular formula is C9H13N5. The van der Waals surface area contributed by atoms with Crippen LogP contribution in [0.1, 0.15) is 25.6 Å². The average Bonchev–Trinajstić information content (AvgIpc) is 2.42. The van der Waals surface area contributed by atoms with E-state index >= 15 is 0 Å². The summed E-state index contributed by atoms with van der Waals surface area (Å²) in [5.74, 6) is 0.499. The zero-order chi connectivity index (χ0) is 10.3. The number of nitrogen functional groups attached to an aromatic ring is 1. The predicted octanol–water partition coefficient (Wildman–Crippen LogP) is 1.30. The van der Waals surface area contributed by atoms with Gasteiger partial charge >= 0.3 is 0 Å². The molecule has 0 bridgehead atoms. The first-order chi connectivity index (χ1) is 6.61. The number of anilines is 1. The third-order valence-electron chi connectivity index (χ3n) is 2.20. The quantitative estimate of drug-likeness (QED) is 0.737. The summed E-state index contributed by atoms with van der Waals surface area (Å²) >= 11 is 0. The Labute approximate surface area is 82.0 Å². The van der Waals surface area contributed by atoms with Crippen molar-refractivity contribution in [2.45, 2.75) is 26.8 Å². The van der Waals surface area contributed by atoms with Crippen molar-refractivity contribution in [1.29, 1.82) is 0 Å². The highest BCUT2D eigenvalue weighted by atomic mass is 15.2. The van der Waals surface area contributed by atoms with E-state index in [1.54, 1.807) is 0 Å². The second kappa shape index (κ2) is 2.94. The fourth-order valence-corrected chi connectivity index (χ4v) is 1.55. The summed E-state index contributed by atoms with van der Waals surface area (Å²) < 4.78 is 1.91. The average molecular weight is 191 g/mol. The van der Waals surface area contributed by atoms with Gasteiger partial charge in [0, 0.05) is 6.04 Å². The van der Waals surface area contributed by atoms with Gasteiger partial charge in [-0.15, -0.1) is 0 Å². The van der Waals surface area contributed by atoms with Gasteiger partial charge in [0.15, 0.2) is 5.65 Å². The smallest absolute Gasteiger partial charge is 0.202 e. The molecule has 2 heterocycles. The third kappa shape index (κ3) is 1.13. The Morgan fingerprint density at radius 1 is 1.36 bits per heavy atom. The van der Waals surface area contributed by atoms with Gasteiger partial charge in [-0.25, -0.2) is 15.0 Å². The molecule has 0 saturated carbocycles. The molecule has 0 spiro atoms. The lowest BCUT2D eigenvalue weighted by Crippen LogP contribution is -2.06. The van der Waals surface area contributed by atoms with Gasteiger partial charge in [0.05, 0.1) is 5.69 Å². The van der Waals surface area contributed by atoms with Crippen molar-refractivity contribution < 1.29 is 0 Å². The largest absolute Gasteiger partial charge is 0.369 e. The molecule has 0 unspecified atom stereocenters. The zero-order valence-corrected chi connectivity index (χ0v) is 8.52. The molecule has 0 aliphatic carbocycles. The minimum atomic E-state index is 0.259. The molecule has 0 fully saturated rings. The van der Waals surface area contributed by atoms with E-state index in [1.165, 1.54) is 6.33 Å². The van der Waals surface area contributed by atoms with E-state index in [-0.39, 0.29) is 6.04 Å². The summed E-state index contributed by atoms with van der Waals surface area (Å²) in [7, 11) is 0. The van der Waals surface area contributed by atoms with Crippen molar-refractivity contribution in [2.24, 2.45) is 0 Å². The van der Waals surface area contributed by atoms with Gasteiger partial charge in [-0.1, -0.05) is 0 Å². The summed E-state index contributed by atoms with van der Waals surface area (Å²) in [6, 6.07) is 0.259. The molecule has 2 N–H and O–H groups in total. The number of aromatic nitrogens is 4. The van der Waals surface area contributed by atoms with Gasteiger partial charge in [0.25, 0.3) is 0 Å². The molecule has 74 valence electrons. The molecule has 14 heavy (non-hydrogen) atoms. The summed E-state index contributed by atoms with van der Waals surface area (Å²) in [6.07, 6.45) is 1.54. The molecule has 2 aromatic heterocycles. The minimum absolute atomic E-state index is 0.259. The molecule has 2 aromatic rings. The summed E-state index contributed by atoms with van der Waals surface area (Å²) in [6.45, 7) is 6.00. The van der Waals surface area contributed by atoms with Crippen LogP contribution in [0.4, 0.5) is 5.95 Å². The lowest BCUT2D eigenvalue weighted by molar-refractivity contribution is 0.622. The van der Waals surface area contributed by atoms with Crippen LogP contribution < -0.4 is 5.73 Å². The summed E-state index contributed by atoms with van der Waals surface area (Å²) in [5.41, 5.74) is 8.27. The fraction of sp³-hybridized carbons (Fsp3) is 0.444. The van der Waals surface area contributed by atoms with E-state index in [4.69, 9.17) is 5.73 Å². The van der Waals surface area contributed by atoms with Gasteiger partial charge in [0.1, 0.15) is 11.8 Å². The molecule has 5 heteroatoms. The molecule has 2 rings (SSSR count). The predicted molar refractivity (Wildman–Crippen MR) is 54.9 cm³/mol. The lowest BCUT2D eigenvalue weighted by atomic mass is 10.3. The molecule has 0 aromatic carbocycles. The molecule has 0 atom stereocenters. The number of aryl methyl sites for hydroxylation is 1. The van der Waals surface area contributed by atoms with Crippen LogP contribution in [0.25, 0.3) is 11.2 Å². The first kappa shape index (κ1) is 8.93. The molecule has 5 nitrogen and oxygen atoms in total. The van der Waals surface area contributed by atoms with Crippen molar-refractivity contribution in [3.05, 3.63) is 12.0 Å². The number of nitrogens with two attached hydrogens (primary N) is 1. The number of rotatable bonds is 1. The maximum absolute atomic E-state index is 5.81. The number of fused-ring (bicyclic) bond motifs is 1. The maximum Gasteiger partial charge on any atom is 0.202 e. The Morgan fingerprint density at radius 3 is 2.71 bits per heavy atom. The van der Waals surface area contributed by atoms with Crippen LogP contribution in [0.2, 0.25) is 0 Å². The summed E-state index contributed by atoms with van der Waals surface area (Å²) in [5, 5.41) is 0. The topological polar surface area (TPSA) is 69.6 Å². The van der Waals surface area contributed by atoms with Crippen molar-refractivity contribution >= 4 is 17.1 Å². The zero-order valence-electron chi connectivity index (χ0n) is 8.52. The van der Waals surface area contributed by atoms with Crippen LogP contribution in [-0.2, 0) is 0 Å². The minimum Gasteiger partial charge on any atom is -0.369 e.